The van der Waals surface area contributed by atoms with Gasteiger partial charge in [-0.3, -0.25) is 4.31 Å². The molecule has 0 heterocycles. The maximum atomic E-state index is 14.4. The number of sulfonamides is 1. The van der Waals surface area contributed by atoms with Crippen LogP contribution >= 0.6 is 0 Å². The third-order valence-electron chi connectivity index (χ3n) is 3.77. The first-order valence-electron chi connectivity index (χ1n) is 8.11. The molecular weight excluding hydrogens is 478 g/mol. The summed E-state index contributed by atoms with van der Waals surface area (Å²) in [5, 5.41) is 0. The summed E-state index contributed by atoms with van der Waals surface area (Å²) in [7, 11) is -4.49. The minimum absolute atomic E-state index is 0.0468. The van der Waals surface area contributed by atoms with Gasteiger partial charge in [0.15, 0.2) is 40.5 Å². The van der Waals surface area contributed by atoms with Crippen LogP contribution in [0.5, 0.6) is 11.5 Å². The van der Waals surface area contributed by atoms with E-state index < -0.39 is 74.8 Å². The molecule has 0 unspecified atom stereocenters. The molecule has 0 N–H and O–H groups in total. The Morgan fingerprint density at radius 3 is 2.12 bits per heavy atom. The van der Waals surface area contributed by atoms with Gasteiger partial charge in [0.25, 0.3) is 10.0 Å². The standard InChI is InChI=1S/C18H11F8NO4S/c1-3-6-27(9-4-5-11(30-2)10(19)7-9)32(28,29)17-15(23)13(21)12(20)14(22)16(17)31-8-18(24,25)26/h1,4-5,7H,6,8H2,2H3. The predicted octanol–water partition coefficient (Wildman–Crippen LogP) is 4.16. The highest BCUT2D eigenvalue weighted by Crippen LogP contribution is 2.38. The molecule has 0 bridgehead atoms. The third kappa shape index (κ3) is 4.82. The Kier molecular flexibility index (Phi) is 7.13. The van der Waals surface area contributed by atoms with Crippen molar-refractivity contribution >= 4 is 15.7 Å². The van der Waals surface area contributed by atoms with Crippen molar-refractivity contribution in [1.82, 2.24) is 0 Å². The SMILES string of the molecule is C#CCN(c1ccc(OC)c(F)c1)S(=O)(=O)c1c(F)c(F)c(F)c(F)c1OCC(F)(F)F. The van der Waals surface area contributed by atoms with Crippen molar-refractivity contribution in [3.63, 3.8) is 0 Å². The maximum absolute atomic E-state index is 14.4. The van der Waals surface area contributed by atoms with Crippen molar-refractivity contribution in [3.8, 4) is 23.8 Å². The molecule has 0 aliphatic carbocycles. The lowest BCUT2D eigenvalue weighted by Gasteiger charge is -2.24. The number of hydrogen-bond acceptors (Lipinski definition) is 4. The number of nitrogens with zero attached hydrogens (tertiary/aromatic N) is 1. The molecule has 5 nitrogen and oxygen atoms in total. The molecular formula is C18H11F8NO4S. The summed E-state index contributed by atoms with van der Waals surface area (Å²) in [6.07, 6.45) is -0.133. The van der Waals surface area contributed by atoms with Gasteiger partial charge in [0.05, 0.1) is 19.3 Å². The summed E-state index contributed by atoms with van der Waals surface area (Å²) < 4.78 is 142. The summed E-state index contributed by atoms with van der Waals surface area (Å²) >= 11 is 0. The zero-order valence-corrected chi connectivity index (χ0v) is 16.6. The molecule has 0 atom stereocenters. The van der Waals surface area contributed by atoms with Crippen LogP contribution in [-0.4, -0.2) is 34.9 Å². The van der Waals surface area contributed by atoms with Crippen molar-refractivity contribution in [3.05, 3.63) is 47.3 Å². The zero-order valence-electron chi connectivity index (χ0n) is 15.7. The van der Waals surface area contributed by atoms with Gasteiger partial charge in [-0.25, -0.2) is 26.0 Å². The Hall–Kier alpha value is -3.21. The fourth-order valence-corrected chi connectivity index (χ4v) is 3.98. The van der Waals surface area contributed by atoms with E-state index in [0.29, 0.717) is 6.07 Å². The van der Waals surface area contributed by atoms with Gasteiger partial charge < -0.3 is 9.47 Å². The third-order valence-corrected chi connectivity index (χ3v) is 5.57. The van der Waals surface area contributed by atoms with Crippen molar-refractivity contribution in [2.45, 2.75) is 11.1 Å². The van der Waals surface area contributed by atoms with Gasteiger partial charge in [-0.2, -0.15) is 17.6 Å². The highest BCUT2D eigenvalue weighted by molar-refractivity contribution is 7.93. The molecule has 0 saturated carbocycles. The lowest BCUT2D eigenvalue weighted by atomic mass is 10.3. The first-order chi connectivity index (χ1) is 14.8. The number of rotatable bonds is 7. The first kappa shape index (κ1) is 25.1. The van der Waals surface area contributed by atoms with Crippen LogP contribution in [0.15, 0.2) is 23.1 Å². The van der Waals surface area contributed by atoms with E-state index in [4.69, 9.17) is 6.42 Å². The summed E-state index contributed by atoms with van der Waals surface area (Å²) in [5.74, 6) is -12.1. The normalized spacial score (nSPS) is 11.8. The fourth-order valence-electron chi connectivity index (χ4n) is 2.42. The molecule has 14 heteroatoms. The molecule has 0 fully saturated rings. The molecule has 0 saturated heterocycles. The summed E-state index contributed by atoms with van der Waals surface area (Å²) in [6, 6.07) is 2.37. The second-order valence-corrected chi connectivity index (χ2v) is 7.65. The van der Waals surface area contributed by atoms with E-state index in [1.807, 2.05) is 5.92 Å². The molecule has 32 heavy (non-hydrogen) atoms. The van der Waals surface area contributed by atoms with E-state index in [2.05, 4.69) is 9.47 Å². The van der Waals surface area contributed by atoms with Gasteiger partial charge >= 0.3 is 6.18 Å². The van der Waals surface area contributed by atoms with Crippen LogP contribution in [0.4, 0.5) is 40.8 Å². The minimum Gasteiger partial charge on any atom is -0.494 e. The fraction of sp³-hybridized carbons (Fsp3) is 0.222. The minimum atomic E-state index is -5.57. The van der Waals surface area contributed by atoms with Crippen LogP contribution in [0.2, 0.25) is 0 Å². The average molecular weight is 489 g/mol. The van der Waals surface area contributed by atoms with Gasteiger partial charge in [-0.05, 0) is 12.1 Å². The molecule has 2 aromatic rings. The molecule has 0 amide bonds. The Morgan fingerprint density at radius 1 is 1.03 bits per heavy atom. The molecule has 0 aliphatic heterocycles. The van der Waals surface area contributed by atoms with Gasteiger partial charge in [-0.1, -0.05) is 5.92 Å². The monoisotopic (exact) mass is 489 g/mol. The highest BCUT2D eigenvalue weighted by Gasteiger charge is 2.40. The van der Waals surface area contributed by atoms with Gasteiger partial charge in [0.2, 0.25) is 11.6 Å². The van der Waals surface area contributed by atoms with Crippen LogP contribution in [0.1, 0.15) is 0 Å². The van der Waals surface area contributed by atoms with E-state index in [9.17, 15) is 43.5 Å². The molecule has 0 aromatic heterocycles. The topological polar surface area (TPSA) is 55.8 Å². The molecule has 0 radical (unpaired) electrons. The van der Waals surface area contributed by atoms with Gasteiger partial charge in [0, 0.05) is 6.07 Å². The summed E-state index contributed by atoms with van der Waals surface area (Å²) in [6.45, 7) is -3.36. The van der Waals surface area contributed by atoms with Crippen LogP contribution < -0.4 is 13.8 Å². The van der Waals surface area contributed by atoms with Crippen molar-refractivity contribution < 1.29 is 53.0 Å². The predicted molar refractivity (Wildman–Crippen MR) is 94.1 cm³/mol. The number of methoxy groups -OCH3 is 1. The van der Waals surface area contributed by atoms with E-state index in [1.54, 1.807) is 0 Å². The highest BCUT2D eigenvalue weighted by atomic mass is 32.2. The number of anilines is 1. The second-order valence-electron chi connectivity index (χ2n) is 5.85. The van der Waals surface area contributed by atoms with Gasteiger partial charge in [0.1, 0.15) is 0 Å². The molecule has 0 aliphatic rings. The lowest BCUT2D eigenvalue weighted by molar-refractivity contribution is -0.154. The van der Waals surface area contributed by atoms with Crippen LogP contribution in [-0.2, 0) is 10.0 Å². The first-order valence-corrected chi connectivity index (χ1v) is 9.55. The molecule has 0 spiro atoms. The second kappa shape index (κ2) is 9.11. The maximum Gasteiger partial charge on any atom is 0.422 e. The number of terminal acetylenes is 1. The van der Waals surface area contributed by atoms with Gasteiger partial charge in [-0.15, -0.1) is 6.42 Å². The summed E-state index contributed by atoms with van der Waals surface area (Å²) in [4.78, 5) is -2.11. The number of alkyl halides is 3. The van der Waals surface area contributed by atoms with Crippen molar-refractivity contribution in [2.24, 2.45) is 0 Å². The van der Waals surface area contributed by atoms with Crippen LogP contribution in [0, 0.1) is 41.4 Å². The molecule has 174 valence electrons. The summed E-state index contributed by atoms with van der Waals surface area (Å²) in [5.41, 5.74) is -0.618. The average Bonchev–Trinajstić information content (AvgIpc) is 2.70. The Morgan fingerprint density at radius 2 is 1.62 bits per heavy atom. The quantitative estimate of drug-likeness (QED) is 0.254. The molecule has 2 aromatic carbocycles. The number of hydrogen-bond donors (Lipinski definition) is 0. The lowest BCUT2D eigenvalue weighted by Crippen LogP contribution is -2.33. The smallest absolute Gasteiger partial charge is 0.422 e. The van der Waals surface area contributed by atoms with Crippen molar-refractivity contribution in [1.29, 1.82) is 0 Å². The van der Waals surface area contributed by atoms with E-state index in [0.717, 1.165) is 19.2 Å². The molecule has 2 rings (SSSR count). The van der Waals surface area contributed by atoms with E-state index in [1.165, 1.54) is 0 Å². The van der Waals surface area contributed by atoms with Crippen LogP contribution in [0.3, 0.4) is 0 Å². The Labute approximate surface area is 176 Å². The Balaban J connectivity index is 2.79. The zero-order chi connectivity index (χ0) is 24.4. The van der Waals surface area contributed by atoms with E-state index in [-0.39, 0.29) is 10.1 Å². The van der Waals surface area contributed by atoms with Crippen LogP contribution in [0.25, 0.3) is 0 Å². The number of benzene rings is 2. The largest absolute Gasteiger partial charge is 0.494 e. The Bertz CT molecular complexity index is 1180. The van der Waals surface area contributed by atoms with E-state index >= 15 is 0 Å². The number of ether oxygens (including phenoxy) is 2. The number of halogens is 8. The van der Waals surface area contributed by atoms with Crippen molar-refractivity contribution in [2.75, 3.05) is 24.6 Å².